The van der Waals surface area contributed by atoms with Crippen molar-refractivity contribution in [1.82, 2.24) is 9.97 Å². The molecule has 1 unspecified atom stereocenters. The van der Waals surface area contributed by atoms with E-state index in [1.807, 2.05) is 13.8 Å². The van der Waals surface area contributed by atoms with Gasteiger partial charge in [0.25, 0.3) is 0 Å². The molecule has 1 aromatic rings. The molecule has 0 aliphatic carbocycles. The number of nitrogens with zero attached hydrogens (tertiary/aromatic N) is 1. The monoisotopic (exact) mass is 226 g/mol. The Morgan fingerprint density at radius 3 is 2.60 bits per heavy atom. The first-order chi connectivity index (χ1) is 7.10. The van der Waals surface area contributed by atoms with Crippen molar-refractivity contribution < 1.29 is 4.74 Å². The summed E-state index contributed by atoms with van der Waals surface area (Å²) < 4.78 is 6.05. The lowest BCUT2D eigenvalue weighted by Gasteiger charge is -2.15. The largest absolute Gasteiger partial charge is 0.374 e. The van der Waals surface area contributed by atoms with E-state index in [-0.39, 0.29) is 6.10 Å². The standard InChI is InChI=1S/C11H18N2OS/c1-5-6-9(14-4)10-12-8(3)7(2)11(15)13-10/h9H,5-6H2,1-4H3,(H,12,13,15). The zero-order chi connectivity index (χ0) is 11.4. The van der Waals surface area contributed by atoms with Crippen LogP contribution in [0, 0.1) is 18.5 Å². The summed E-state index contributed by atoms with van der Waals surface area (Å²) in [6.45, 7) is 6.11. The lowest BCUT2D eigenvalue weighted by molar-refractivity contribution is 0.0873. The van der Waals surface area contributed by atoms with Gasteiger partial charge < -0.3 is 9.72 Å². The quantitative estimate of drug-likeness (QED) is 0.801. The molecule has 0 spiro atoms. The molecule has 15 heavy (non-hydrogen) atoms. The molecule has 0 fully saturated rings. The van der Waals surface area contributed by atoms with Crippen molar-refractivity contribution in [2.45, 2.75) is 39.7 Å². The van der Waals surface area contributed by atoms with E-state index in [9.17, 15) is 0 Å². The summed E-state index contributed by atoms with van der Waals surface area (Å²) in [5, 5.41) is 0. The molecule has 3 nitrogen and oxygen atoms in total. The number of hydrogen-bond acceptors (Lipinski definition) is 3. The summed E-state index contributed by atoms with van der Waals surface area (Å²) in [6.07, 6.45) is 2.04. The van der Waals surface area contributed by atoms with Crippen molar-refractivity contribution in [3.05, 3.63) is 21.7 Å². The summed E-state index contributed by atoms with van der Waals surface area (Å²) >= 11 is 5.19. The third kappa shape index (κ3) is 2.86. The minimum absolute atomic E-state index is 0.0241. The molecule has 1 atom stereocenters. The van der Waals surface area contributed by atoms with E-state index < -0.39 is 0 Å². The van der Waals surface area contributed by atoms with Crippen molar-refractivity contribution in [3.8, 4) is 0 Å². The molecular formula is C11H18N2OS. The number of methoxy groups -OCH3 is 1. The van der Waals surface area contributed by atoms with Gasteiger partial charge in [0, 0.05) is 18.4 Å². The van der Waals surface area contributed by atoms with Gasteiger partial charge in [-0.25, -0.2) is 4.98 Å². The Bertz CT molecular complexity index is 387. The molecule has 0 aliphatic rings. The number of rotatable bonds is 4. The van der Waals surface area contributed by atoms with Gasteiger partial charge in [0.15, 0.2) is 0 Å². The second-order valence-electron chi connectivity index (χ2n) is 3.69. The molecule has 84 valence electrons. The van der Waals surface area contributed by atoms with Crippen LogP contribution in [0.15, 0.2) is 0 Å². The first-order valence-corrected chi connectivity index (χ1v) is 5.61. The summed E-state index contributed by atoms with van der Waals surface area (Å²) in [6, 6.07) is 0. The van der Waals surface area contributed by atoms with E-state index in [1.165, 1.54) is 0 Å². The SMILES string of the molecule is CCCC(OC)c1nc(=S)c(C)c(C)[nH]1. The van der Waals surface area contributed by atoms with Gasteiger partial charge >= 0.3 is 0 Å². The van der Waals surface area contributed by atoms with Crippen LogP contribution in [-0.2, 0) is 4.74 Å². The summed E-state index contributed by atoms with van der Waals surface area (Å²) in [7, 11) is 1.70. The average molecular weight is 226 g/mol. The van der Waals surface area contributed by atoms with E-state index in [0.29, 0.717) is 4.64 Å². The van der Waals surface area contributed by atoms with Crippen LogP contribution in [0.5, 0.6) is 0 Å². The van der Waals surface area contributed by atoms with Gasteiger partial charge in [0.1, 0.15) is 16.6 Å². The highest BCUT2D eigenvalue weighted by atomic mass is 32.1. The lowest BCUT2D eigenvalue weighted by Crippen LogP contribution is -2.08. The molecule has 0 saturated heterocycles. The highest BCUT2D eigenvalue weighted by Gasteiger charge is 2.12. The topological polar surface area (TPSA) is 37.9 Å². The fourth-order valence-electron chi connectivity index (χ4n) is 1.45. The second-order valence-corrected chi connectivity index (χ2v) is 4.08. The third-order valence-corrected chi connectivity index (χ3v) is 2.96. The van der Waals surface area contributed by atoms with Crippen LogP contribution >= 0.6 is 12.2 Å². The first-order valence-electron chi connectivity index (χ1n) is 5.20. The van der Waals surface area contributed by atoms with E-state index in [1.54, 1.807) is 7.11 Å². The normalized spacial score (nSPS) is 12.8. The van der Waals surface area contributed by atoms with Crippen LogP contribution in [0.2, 0.25) is 0 Å². The molecule has 0 radical (unpaired) electrons. The molecule has 1 aromatic heterocycles. The molecule has 0 aliphatic heterocycles. The number of ether oxygens (including phenoxy) is 1. The Balaban J connectivity index is 3.09. The van der Waals surface area contributed by atoms with E-state index >= 15 is 0 Å². The minimum Gasteiger partial charge on any atom is -0.374 e. The molecular weight excluding hydrogens is 208 g/mol. The van der Waals surface area contributed by atoms with Crippen LogP contribution in [0.25, 0.3) is 0 Å². The van der Waals surface area contributed by atoms with Crippen molar-refractivity contribution in [3.63, 3.8) is 0 Å². The zero-order valence-electron chi connectivity index (χ0n) is 9.76. The Morgan fingerprint density at radius 1 is 1.47 bits per heavy atom. The van der Waals surface area contributed by atoms with Gasteiger partial charge in [-0.3, -0.25) is 0 Å². The third-order valence-electron chi connectivity index (χ3n) is 2.56. The van der Waals surface area contributed by atoms with Gasteiger partial charge in [-0.1, -0.05) is 25.6 Å². The van der Waals surface area contributed by atoms with Crippen LogP contribution in [0.3, 0.4) is 0 Å². The maximum absolute atomic E-state index is 5.39. The van der Waals surface area contributed by atoms with Gasteiger partial charge in [0.2, 0.25) is 0 Å². The smallest absolute Gasteiger partial charge is 0.137 e. The highest BCUT2D eigenvalue weighted by molar-refractivity contribution is 7.71. The number of aromatic nitrogens is 2. The van der Waals surface area contributed by atoms with Gasteiger partial charge in [-0.05, 0) is 20.3 Å². The van der Waals surface area contributed by atoms with Crippen molar-refractivity contribution in [2.75, 3.05) is 7.11 Å². The molecule has 1 heterocycles. The fourth-order valence-corrected chi connectivity index (χ4v) is 1.70. The predicted molar refractivity (Wildman–Crippen MR) is 63.6 cm³/mol. The second kappa shape index (κ2) is 5.37. The van der Waals surface area contributed by atoms with Crippen LogP contribution in [0.4, 0.5) is 0 Å². The van der Waals surface area contributed by atoms with Crippen molar-refractivity contribution in [1.29, 1.82) is 0 Å². The van der Waals surface area contributed by atoms with Crippen LogP contribution < -0.4 is 0 Å². The number of H-pyrrole nitrogens is 1. The Hall–Kier alpha value is -0.740. The fraction of sp³-hybridized carbons (Fsp3) is 0.636. The number of aryl methyl sites for hydroxylation is 1. The number of hydrogen-bond donors (Lipinski definition) is 1. The van der Waals surface area contributed by atoms with Crippen LogP contribution in [-0.4, -0.2) is 17.1 Å². The predicted octanol–water partition coefficient (Wildman–Crippen LogP) is 3.24. The van der Waals surface area contributed by atoms with Crippen LogP contribution in [0.1, 0.15) is 43.0 Å². The van der Waals surface area contributed by atoms with Crippen molar-refractivity contribution in [2.24, 2.45) is 0 Å². The summed E-state index contributed by atoms with van der Waals surface area (Å²) in [5.41, 5.74) is 2.11. The first kappa shape index (κ1) is 12.3. The van der Waals surface area contributed by atoms with Gasteiger partial charge in [-0.15, -0.1) is 0 Å². The molecule has 1 rings (SSSR count). The number of nitrogens with one attached hydrogen (secondary N) is 1. The molecule has 0 amide bonds. The lowest BCUT2D eigenvalue weighted by atomic mass is 10.2. The van der Waals surface area contributed by atoms with Gasteiger partial charge in [0.05, 0.1) is 0 Å². The van der Waals surface area contributed by atoms with Crippen molar-refractivity contribution >= 4 is 12.2 Å². The molecule has 4 heteroatoms. The maximum atomic E-state index is 5.39. The Kier molecular flexibility index (Phi) is 4.42. The molecule has 0 saturated carbocycles. The summed E-state index contributed by atoms with van der Waals surface area (Å²) in [4.78, 5) is 7.61. The Labute approximate surface area is 95.9 Å². The highest BCUT2D eigenvalue weighted by Crippen LogP contribution is 2.19. The van der Waals surface area contributed by atoms with E-state index in [0.717, 1.165) is 29.9 Å². The molecule has 0 bridgehead atoms. The van der Waals surface area contributed by atoms with E-state index in [2.05, 4.69) is 16.9 Å². The maximum Gasteiger partial charge on any atom is 0.137 e. The molecule has 1 N–H and O–H groups in total. The average Bonchev–Trinajstić information content (AvgIpc) is 2.22. The molecule has 0 aromatic carbocycles. The number of aromatic amines is 1. The minimum atomic E-state index is 0.0241. The van der Waals surface area contributed by atoms with E-state index in [4.69, 9.17) is 17.0 Å². The zero-order valence-corrected chi connectivity index (χ0v) is 10.6. The summed E-state index contributed by atoms with van der Waals surface area (Å²) in [5.74, 6) is 0.840. The van der Waals surface area contributed by atoms with Gasteiger partial charge in [-0.2, -0.15) is 0 Å². The Morgan fingerprint density at radius 2 is 2.13 bits per heavy atom.